The first-order valence-corrected chi connectivity index (χ1v) is 6.30. The van der Waals surface area contributed by atoms with Crippen LogP contribution in [0.5, 0.6) is 0 Å². The molecule has 1 rings (SSSR count). The highest BCUT2D eigenvalue weighted by Gasteiger charge is 2.20. The molecule has 3 nitrogen and oxygen atoms in total. The molecular formula is C11H23ClN2O. The van der Waals surface area contributed by atoms with Crippen LogP contribution in [0.3, 0.4) is 0 Å². The Kier molecular flexibility index (Phi) is 6.57. The number of ether oxygens (including phenoxy) is 1. The van der Waals surface area contributed by atoms with Crippen LogP contribution in [-0.2, 0) is 4.74 Å². The molecule has 1 heterocycles. The zero-order chi connectivity index (χ0) is 11.1. The second kappa shape index (κ2) is 7.44. The minimum Gasteiger partial charge on any atom is -0.379 e. The molecular weight excluding hydrogens is 212 g/mol. The van der Waals surface area contributed by atoms with Crippen molar-refractivity contribution in [3.05, 3.63) is 0 Å². The smallest absolute Gasteiger partial charge is 0.0602 e. The van der Waals surface area contributed by atoms with Crippen LogP contribution in [0.2, 0.25) is 0 Å². The average molecular weight is 235 g/mol. The molecule has 1 saturated heterocycles. The lowest BCUT2D eigenvalue weighted by molar-refractivity contribution is 0.0831. The van der Waals surface area contributed by atoms with Crippen LogP contribution in [0, 0.1) is 0 Å². The van der Waals surface area contributed by atoms with Crippen LogP contribution in [0.25, 0.3) is 0 Å². The van der Waals surface area contributed by atoms with E-state index in [4.69, 9.17) is 16.3 Å². The summed E-state index contributed by atoms with van der Waals surface area (Å²) in [5.74, 6) is 0.593. The summed E-state index contributed by atoms with van der Waals surface area (Å²) in [5, 5.41) is 0. The monoisotopic (exact) mass is 234 g/mol. The summed E-state index contributed by atoms with van der Waals surface area (Å²) < 4.78 is 5.38. The number of alkyl halides is 1. The molecule has 0 amide bonds. The van der Waals surface area contributed by atoms with Gasteiger partial charge in [-0.15, -0.1) is 11.6 Å². The number of rotatable bonds is 6. The summed E-state index contributed by atoms with van der Waals surface area (Å²) >= 11 is 5.54. The Morgan fingerprint density at radius 1 is 1.47 bits per heavy atom. The molecule has 1 atom stereocenters. The molecule has 1 unspecified atom stereocenters. The van der Waals surface area contributed by atoms with E-state index in [1.54, 1.807) is 0 Å². The van der Waals surface area contributed by atoms with Gasteiger partial charge in [-0.1, -0.05) is 0 Å². The molecule has 0 bridgehead atoms. The van der Waals surface area contributed by atoms with E-state index in [9.17, 15) is 0 Å². The molecule has 0 radical (unpaired) electrons. The zero-order valence-corrected chi connectivity index (χ0v) is 10.7. The van der Waals surface area contributed by atoms with E-state index in [0.29, 0.717) is 18.5 Å². The van der Waals surface area contributed by atoms with Gasteiger partial charge in [-0.3, -0.25) is 4.90 Å². The van der Waals surface area contributed by atoms with Crippen LogP contribution in [0.4, 0.5) is 0 Å². The van der Waals surface area contributed by atoms with Crippen molar-refractivity contribution in [1.82, 2.24) is 9.80 Å². The lowest BCUT2D eigenvalue weighted by Crippen LogP contribution is -2.45. The molecule has 0 saturated carbocycles. The Labute approximate surface area is 98.3 Å². The third-order valence-corrected chi connectivity index (χ3v) is 3.19. The molecule has 1 fully saturated rings. The summed E-state index contributed by atoms with van der Waals surface area (Å²) in [6.45, 7) is 4.90. The predicted molar refractivity (Wildman–Crippen MR) is 64.7 cm³/mol. The van der Waals surface area contributed by atoms with Crippen molar-refractivity contribution >= 4 is 11.6 Å². The number of hydrogen-bond donors (Lipinski definition) is 0. The highest BCUT2D eigenvalue weighted by atomic mass is 35.5. The summed E-state index contributed by atoms with van der Waals surface area (Å²) in [5.41, 5.74) is 0. The Morgan fingerprint density at radius 3 is 2.93 bits per heavy atom. The van der Waals surface area contributed by atoms with Crippen LogP contribution >= 0.6 is 11.6 Å². The minimum absolute atomic E-state index is 0.593. The van der Waals surface area contributed by atoms with Crippen molar-refractivity contribution in [2.45, 2.75) is 18.9 Å². The Balaban J connectivity index is 2.12. The van der Waals surface area contributed by atoms with Crippen LogP contribution in [0.1, 0.15) is 12.8 Å². The van der Waals surface area contributed by atoms with Crippen LogP contribution in [0.15, 0.2) is 0 Å². The van der Waals surface area contributed by atoms with Gasteiger partial charge >= 0.3 is 0 Å². The first-order valence-electron chi connectivity index (χ1n) is 5.76. The highest BCUT2D eigenvalue weighted by molar-refractivity contribution is 6.17. The Hall–Kier alpha value is 0.170. The third-order valence-electron chi connectivity index (χ3n) is 3.03. The van der Waals surface area contributed by atoms with Crippen molar-refractivity contribution in [3.8, 4) is 0 Å². The fourth-order valence-electron chi connectivity index (χ4n) is 2.05. The normalized spacial score (nSPS) is 23.6. The maximum Gasteiger partial charge on any atom is 0.0602 e. The number of piperidine rings is 1. The highest BCUT2D eigenvalue weighted by Crippen LogP contribution is 2.12. The lowest BCUT2D eigenvalue weighted by Gasteiger charge is -2.35. The van der Waals surface area contributed by atoms with Crippen LogP contribution < -0.4 is 0 Å². The number of likely N-dealkylation sites (N-methyl/N-ethyl adjacent to an activating group) is 2. The molecule has 1 aliphatic rings. The van der Waals surface area contributed by atoms with Gasteiger partial charge < -0.3 is 9.64 Å². The summed E-state index contributed by atoms with van der Waals surface area (Å²) in [6.07, 6.45) is 2.63. The molecule has 90 valence electrons. The zero-order valence-electron chi connectivity index (χ0n) is 9.91. The Morgan fingerprint density at radius 2 is 2.27 bits per heavy atom. The number of nitrogens with zero attached hydrogens (tertiary/aromatic N) is 2. The molecule has 15 heavy (non-hydrogen) atoms. The molecule has 4 heteroatoms. The lowest BCUT2D eigenvalue weighted by atomic mass is 10.1. The van der Waals surface area contributed by atoms with Gasteiger partial charge in [0, 0.05) is 25.0 Å². The van der Waals surface area contributed by atoms with Crippen molar-refractivity contribution in [3.63, 3.8) is 0 Å². The van der Waals surface area contributed by atoms with E-state index in [0.717, 1.165) is 13.2 Å². The van der Waals surface area contributed by atoms with E-state index in [1.807, 2.05) is 0 Å². The van der Waals surface area contributed by atoms with Gasteiger partial charge in [0.25, 0.3) is 0 Å². The quantitative estimate of drug-likeness (QED) is 0.509. The van der Waals surface area contributed by atoms with Crippen molar-refractivity contribution in [2.75, 3.05) is 52.8 Å². The summed E-state index contributed by atoms with van der Waals surface area (Å²) in [4.78, 5) is 4.81. The molecule has 1 aliphatic heterocycles. The van der Waals surface area contributed by atoms with E-state index in [1.165, 1.54) is 25.9 Å². The van der Waals surface area contributed by atoms with Gasteiger partial charge in [0.1, 0.15) is 0 Å². The second-order valence-electron chi connectivity index (χ2n) is 4.34. The molecule has 0 spiro atoms. The summed E-state index contributed by atoms with van der Waals surface area (Å²) in [7, 11) is 4.39. The maximum atomic E-state index is 5.54. The Bertz CT molecular complexity index is 169. The first-order chi connectivity index (χ1) is 7.24. The second-order valence-corrected chi connectivity index (χ2v) is 4.72. The van der Waals surface area contributed by atoms with Gasteiger partial charge in [0.2, 0.25) is 0 Å². The van der Waals surface area contributed by atoms with Crippen LogP contribution in [-0.4, -0.2) is 68.7 Å². The SMILES string of the molecule is CN1CCCC(N(C)CCOCCCl)C1. The first kappa shape index (κ1) is 13.2. The van der Waals surface area contributed by atoms with Gasteiger partial charge in [0.15, 0.2) is 0 Å². The van der Waals surface area contributed by atoms with E-state index < -0.39 is 0 Å². The fourth-order valence-corrected chi connectivity index (χ4v) is 2.16. The van der Waals surface area contributed by atoms with Gasteiger partial charge in [-0.25, -0.2) is 0 Å². The molecule has 0 aromatic carbocycles. The average Bonchev–Trinajstić information content (AvgIpc) is 2.24. The minimum atomic E-state index is 0.593. The van der Waals surface area contributed by atoms with Crippen molar-refractivity contribution in [1.29, 1.82) is 0 Å². The van der Waals surface area contributed by atoms with Crippen molar-refractivity contribution < 1.29 is 4.74 Å². The maximum absolute atomic E-state index is 5.54. The van der Waals surface area contributed by atoms with Crippen molar-refractivity contribution in [2.24, 2.45) is 0 Å². The van der Waals surface area contributed by atoms with E-state index in [2.05, 4.69) is 23.9 Å². The largest absolute Gasteiger partial charge is 0.379 e. The topological polar surface area (TPSA) is 15.7 Å². The molecule has 0 aromatic rings. The molecule has 0 aliphatic carbocycles. The molecule has 0 N–H and O–H groups in total. The van der Waals surface area contributed by atoms with Gasteiger partial charge in [0.05, 0.1) is 13.2 Å². The fraction of sp³-hybridized carbons (Fsp3) is 1.00. The van der Waals surface area contributed by atoms with E-state index >= 15 is 0 Å². The van der Waals surface area contributed by atoms with Gasteiger partial charge in [-0.05, 0) is 33.5 Å². The number of halogens is 1. The predicted octanol–water partition coefficient (Wildman–Crippen LogP) is 1.27. The van der Waals surface area contributed by atoms with Gasteiger partial charge in [-0.2, -0.15) is 0 Å². The standard InChI is InChI=1S/C11H23ClN2O/c1-13-6-3-4-11(10-13)14(2)7-9-15-8-5-12/h11H,3-10H2,1-2H3. The molecule has 0 aromatic heterocycles. The number of likely N-dealkylation sites (tertiary alicyclic amines) is 1. The summed E-state index contributed by atoms with van der Waals surface area (Å²) in [6, 6.07) is 0.698. The van der Waals surface area contributed by atoms with E-state index in [-0.39, 0.29) is 0 Å². The number of hydrogen-bond acceptors (Lipinski definition) is 3. The third kappa shape index (κ3) is 5.16.